The fourth-order valence-electron chi connectivity index (χ4n) is 1.36. The summed E-state index contributed by atoms with van der Waals surface area (Å²) >= 11 is 0. The van der Waals surface area contributed by atoms with E-state index in [2.05, 4.69) is 0 Å². The minimum Gasteiger partial charge on any atom is -0.465 e. The predicted octanol–water partition coefficient (Wildman–Crippen LogP) is 1.59. The third-order valence-electron chi connectivity index (χ3n) is 2.08. The number of ether oxygens (including phenoxy) is 1. The fourth-order valence-corrected chi connectivity index (χ4v) is 1.36. The van der Waals surface area contributed by atoms with Crippen LogP contribution in [0.15, 0.2) is 0 Å². The monoisotopic (exact) mass is 251 g/mol. The largest absolute Gasteiger partial charge is 0.465 e. The van der Waals surface area contributed by atoms with Gasteiger partial charge in [-0.25, -0.2) is 8.78 Å². The SMILES string of the molecule is CCOC(=O)C(C(=O)NCC(F)F)C(C)(C)C. The van der Waals surface area contributed by atoms with Gasteiger partial charge in [-0.15, -0.1) is 0 Å². The third kappa shape index (κ3) is 5.60. The molecule has 1 N–H and O–H groups in total. The number of nitrogens with one attached hydrogen (secondary N) is 1. The van der Waals surface area contributed by atoms with Crippen molar-refractivity contribution in [1.29, 1.82) is 0 Å². The summed E-state index contributed by atoms with van der Waals surface area (Å²) < 4.78 is 28.7. The van der Waals surface area contributed by atoms with Crippen LogP contribution in [-0.2, 0) is 14.3 Å². The molecule has 0 saturated carbocycles. The van der Waals surface area contributed by atoms with Gasteiger partial charge in [-0.05, 0) is 12.3 Å². The zero-order valence-corrected chi connectivity index (χ0v) is 10.5. The normalized spacial score (nSPS) is 13.4. The van der Waals surface area contributed by atoms with Crippen LogP contribution >= 0.6 is 0 Å². The van der Waals surface area contributed by atoms with E-state index < -0.39 is 36.2 Å². The van der Waals surface area contributed by atoms with Gasteiger partial charge in [0.2, 0.25) is 5.91 Å². The molecule has 0 saturated heterocycles. The zero-order chi connectivity index (χ0) is 13.6. The molecule has 0 heterocycles. The summed E-state index contributed by atoms with van der Waals surface area (Å²) in [7, 11) is 0. The summed E-state index contributed by atoms with van der Waals surface area (Å²) in [6, 6.07) is 0. The minimum absolute atomic E-state index is 0.146. The van der Waals surface area contributed by atoms with Crippen LogP contribution in [0.2, 0.25) is 0 Å². The molecule has 6 heteroatoms. The molecule has 17 heavy (non-hydrogen) atoms. The Balaban J connectivity index is 4.70. The van der Waals surface area contributed by atoms with Crippen molar-refractivity contribution in [2.75, 3.05) is 13.2 Å². The number of rotatable bonds is 5. The van der Waals surface area contributed by atoms with Crippen molar-refractivity contribution in [1.82, 2.24) is 5.32 Å². The van der Waals surface area contributed by atoms with E-state index in [1.165, 1.54) is 0 Å². The number of hydrogen-bond donors (Lipinski definition) is 1. The van der Waals surface area contributed by atoms with Crippen LogP contribution in [0.5, 0.6) is 0 Å². The molecule has 0 aromatic rings. The van der Waals surface area contributed by atoms with Crippen molar-refractivity contribution in [3.63, 3.8) is 0 Å². The molecule has 0 aliphatic rings. The molecule has 1 unspecified atom stereocenters. The van der Waals surface area contributed by atoms with Gasteiger partial charge < -0.3 is 10.1 Å². The van der Waals surface area contributed by atoms with E-state index in [1.807, 2.05) is 5.32 Å². The van der Waals surface area contributed by atoms with Crippen molar-refractivity contribution < 1.29 is 23.1 Å². The lowest BCUT2D eigenvalue weighted by molar-refractivity contribution is -0.156. The predicted molar refractivity (Wildman–Crippen MR) is 58.6 cm³/mol. The van der Waals surface area contributed by atoms with E-state index >= 15 is 0 Å². The Hall–Kier alpha value is -1.20. The molecule has 4 nitrogen and oxygen atoms in total. The van der Waals surface area contributed by atoms with Gasteiger partial charge in [0.05, 0.1) is 13.2 Å². The highest BCUT2D eigenvalue weighted by Crippen LogP contribution is 2.27. The number of carbonyl (C=O) groups is 2. The molecule has 100 valence electrons. The Kier molecular flexibility index (Phi) is 6.05. The smallest absolute Gasteiger partial charge is 0.319 e. The van der Waals surface area contributed by atoms with Crippen LogP contribution in [0, 0.1) is 11.3 Å². The number of carbonyl (C=O) groups excluding carboxylic acids is 2. The highest BCUT2D eigenvalue weighted by atomic mass is 19.3. The third-order valence-corrected chi connectivity index (χ3v) is 2.08. The highest BCUT2D eigenvalue weighted by molar-refractivity contribution is 5.98. The second-order valence-corrected chi connectivity index (χ2v) is 4.69. The molecule has 0 radical (unpaired) electrons. The van der Waals surface area contributed by atoms with Crippen LogP contribution < -0.4 is 5.32 Å². The number of hydrogen-bond acceptors (Lipinski definition) is 3. The lowest BCUT2D eigenvalue weighted by atomic mass is 9.80. The van der Waals surface area contributed by atoms with Gasteiger partial charge >= 0.3 is 5.97 Å². The van der Waals surface area contributed by atoms with Gasteiger partial charge in [0.1, 0.15) is 5.92 Å². The van der Waals surface area contributed by atoms with Crippen LogP contribution in [0.1, 0.15) is 27.7 Å². The molecule has 0 rings (SSSR count). The number of alkyl halides is 2. The molecular weight excluding hydrogens is 232 g/mol. The van der Waals surface area contributed by atoms with E-state index in [4.69, 9.17) is 4.74 Å². The summed E-state index contributed by atoms with van der Waals surface area (Å²) in [5.74, 6) is -2.50. The van der Waals surface area contributed by atoms with Crippen molar-refractivity contribution in [2.24, 2.45) is 11.3 Å². The van der Waals surface area contributed by atoms with E-state index in [9.17, 15) is 18.4 Å². The van der Waals surface area contributed by atoms with Gasteiger partial charge in [0.25, 0.3) is 6.43 Å². The molecule has 1 amide bonds. The summed E-state index contributed by atoms with van der Waals surface area (Å²) in [6.45, 7) is 6.04. The molecule has 0 aromatic heterocycles. The zero-order valence-electron chi connectivity index (χ0n) is 10.5. The Labute approximate surface area is 99.7 Å². The molecule has 0 aliphatic carbocycles. The molecule has 0 spiro atoms. The molecule has 0 aromatic carbocycles. The van der Waals surface area contributed by atoms with Crippen molar-refractivity contribution in [3.8, 4) is 0 Å². The van der Waals surface area contributed by atoms with Gasteiger partial charge in [-0.3, -0.25) is 9.59 Å². The van der Waals surface area contributed by atoms with Crippen molar-refractivity contribution >= 4 is 11.9 Å². The van der Waals surface area contributed by atoms with E-state index in [0.29, 0.717) is 0 Å². The van der Waals surface area contributed by atoms with Crippen molar-refractivity contribution in [2.45, 2.75) is 34.1 Å². The second kappa shape index (κ2) is 6.51. The summed E-state index contributed by atoms with van der Waals surface area (Å²) in [5.41, 5.74) is -0.682. The summed E-state index contributed by atoms with van der Waals surface area (Å²) in [5, 5.41) is 2.04. The molecule has 0 aliphatic heterocycles. The Morgan fingerprint density at radius 1 is 1.29 bits per heavy atom. The molecule has 0 bridgehead atoms. The molecule has 0 fully saturated rings. The first kappa shape index (κ1) is 15.8. The lowest BCUT2D eigenvalue weighted by Crippen LogP contribution is -2.44. The standard InChI is InChI=1S/C11H19F2NO3/c1-5-17-10(16)8(11(2,3)4)9(15)14-6-7(12)13/h7-8H,5-6H2,1-4H3,(H,14,15). The summed E-state index contributed by atoms with van der Waals surface area (Å²) in [6.07, 6.45) is -2.64. The van der Waals surface area contributed by atoms with Gasteiger partial charge in [-0.1, -0.05) is 20.8 Å². The lowest BCUT2D eigenvalue weighted by Gasteiger charge is -2.27. The first-order valence-corrected chi connectivity index (χ1v) is 5.42. The van der Waals surface area contributed by atoms with E-state index in [1.54, 1.807) is 27.7 Å². The van der Waals surface area contributed by atoms with Gasteiger partial charge in [0, 0.05) is 0 Å². The summed E-state index contributed by atoms with van der Waals surface area (Å²) in [4.78, 5) is 23.3. The molecular formula is C11H19F2NO3. The maximum Gasteiger partial charge on any atom is 0.319 e. The topological polar surface area (TPSA) is 55.4 Å². The van der Waals surface area contributed by atoms with Gasteiger partial charge in [0.15, 0.2) is 0 Å². The van der Waals surface area contributed by atoms with E-state index in [0.717, 1.165) is 0 Å². The first-order valence-electron chi connectivity index (χ1n) is 5.42. The van der Waals surface area contributed by atoms with E-state index in [-0.39, 0.29) is 6.61 Å². The van der Waals surface area contributed by atoms with Crippen LogP contribution in [0.3, 0.4) is 0 Å². The Morgan fingerprint density at radius 2 is 1.82 bits per heavy atom. The maximum absolute atomic E-state index is 12.0. The number of halogens is 2. The van der Waals surface area contributed by atoms with Crippen LogP contribution in [0.25, 0.3) is 0 Å². The van der Waals surface area contributed by atoms with Gasteiger partial charge in [-0.2, -0.15) is 0 Å². The Bertz CT molecular complexity index is 274. The minimum atomic E-state index is -2.64. The second-order valence-electron chi connectivity index (χ2n) is 4.69. The quantitative estimate of drug-likeness (QED) is 0.596. The maximum atomic E-state index is 12.0. The molecule has 1 atom stereocenters. The highest BCUT2D eigenvalue weighted by Gasteiger charge is 2.38. The van der Waals surface area contributed by atoms with Crippen LogP contribution in [0.4, 0.5) is 8.78 Å². The Morgan fingerprint density at radius 3 is 2.18 bits per heavy atom. The number of amides is 1. The average molecular weight is 251 g/mol. The van der Waals surface area contributed by atoms with Crippen molar-refractivity contribution in [3.05, 3.63) is 0 Å². The average Bonchev–Trinajstić information content (AvgIpc) is 2.12. The fraction of sp³-hybridized carbons (Fsp3) is 0.818. The number of esters is 1. The first-order chi connectivity index (χ1) is 7.70. The van der Waals surface area contributed by atoms with Crippen LogP contribution in [-0.4, -0.2) is 31.5 Å².